The molecule has 0 spiro atoms. The second-order valence-electron chi connectivity index (χ2n) is 3.88. The van der Waals surface area contributed by atoms with Crippen LogP contribution in [0.5, 0.6) is 0 Å². The number of hydrogen-bond acceptors (Lipinski definition) is 2. The molecular formula is C11H18NOS+. The first-order valence-electron chi connectivity index (χ1n) is 5.33. The maximum absolute atomic E-state index is 5.57. The van der Waals surface area contributed by atoms with E-state index in [2.05, 4.69) is 24.4 Å². The molecule has 1 saturated heterocycles. The molecule has 2 heterocycles. The molecule has 1 aliphatic rings. The van der Waals surface area contributed by atoms with Crippen LogP contribution in [-0.4, -0.2) is 19.3 Å². The van der Waals surface area contributed by atoms with Crippen molar-refractivity contribution in [2.75, 3.05) is 13.2 Å². The first-order chi connectivity index (χ1) is 6.84. The summed E-state index contributed by atoms with van der Waals surface area (Å²) in [6, 6.07) is 4.42. The topological polar surface area (TPSA) is 25.8 Å². The zero-order valence-corrected chi connectivity index (χ0v) is 9.48. The summed E-state index contributed by atoms with van der Waals surface area (Å²) >= 11 is 1.90. The van der Waals surface area contributed by atoms with E-state index in [0.717, 1.165) is 19.7 Å². The number of nitrogens with two attached hydrogens (primary N) is 1. The summed E-state index contributed by atoms with van der Waals surface area (Å²) in [6.45, 7) is 5.36. The van der Waals surface area contributed by atoms with Gasteiger partial charge in [-0.15, -0.1) is 11.3 Å². The predicted molar refractivity (Wildman–Crippen MR) is 58.5 cm³/mol. The monoisotopic (exact) mass is 212 g/mol. The fourth-order valence-electron chi connectivity index (χ4n) is 1.84. The average molecular weight is 212 g/mol. The maximum atomic E-state index is 5.57. The van der Waals surface area contributed by atoms with Crippen molar-refractivity contribution in [1.82, 2.24) is 0 Å². The van der Waals surface area contributed by atoms with E-state index in [1.165, 1.54) is 22.6 Å². The minimum atomic E-state index is 0.510. The molecule has 14 heavy (non-hydrogen) atoms. The van der Waals surface area contributed by atoms with Crippen LogP contribution in [0.15, 0.2) is 12.1 Å². The molecule has 1 aromatic heterocycles. The van der Waals surface area contributed by atoms with Gasteiger partial charge in [-0.2, -0.15) is 0 Å². The first-order valence-corrected chi connectivity index (χ1v) is 6.15. The zero-order valence-electron chi connectivity index (χ0n) is 8.66. The van der Waals surface area contributed by atoms with Crippen molar-refractivity contribution < 1.29 is 10.1 Å². The van der Waals surface area contributed by atoms with Gasteiger partial charge in [0.05, 0.1) is 4.88 Å². The van der Waals surface area contributed by atoms with E-state index in [1.807, 2.05) is 11.3 Å². The SMILES string of the molecule is Cc1ccc(C[NH2+]C[C@H]2CCCO2)s1. The molecule has 1 fully saturated rings. The van der Waals surface area contributed by atoms with Gasteiger partial charge in [0.25, 0.3) is 0 Å². The maximum Gasteiger partial charge on any atom is 0.111 e. The van der Waals surface area contributed by atoms with Crippen LogP contribution in [0.1, 0.15) is 22.6 Å². The van der Waals surface area contributed by atoms with E-state index < -0.39 is 0 Å². The number of quaternary nitrogens is 1. The molecule has 0 bridgehead atoms. The van der Waals surface area contributed by atoms with Crippen molar-refractivity contribution in [2.24, 2.45) is 0 Å². The fourth-order valence-corrected chi connectivity index (χ4v) is 2.72. The average Bonchev–Trinajstić information content (AvgIpc) is 2.77. The van der Waals surface area contributed by atoms with E-state index in [9.17, 15) is 0 Å². The Hall–Kier alpha value is -0.380. The molecule has 0 amide bonds. The number of thiophene rings is 1. The number of rotatable bonds is 4. The van der Waals surface area contributed by atoms with E-state index in [4.69, 9.17) is 4.74 Å². The summed E-state index contributed by atoms with van der Waals surface area (Å²) in [5.74, 6) is 0. The third kappa shape index (κ3) is 2.80. The standard InChI is InChI=1S/C11H17NOS/c1-9-4-5-11(14-9)8-12-7-10-3-2-6-13-10/h4-5,10,12H,2-3,6-8H2,1H3/p+1/t10-/m1/s1. The lowest BCUT2D eigenvalue weighted by Crippen LogP contribution is -2.84. The van der Waals surface area contributed by atoms with E-state index in [1.54, 1.807) is 0 Å². The lowest BCUT2D eigenvalue weighted by molar-refractivity contribution is -0.675. The second kappa shape index (κ2) is 4.91. The Morgan fingerprint density at radius 2 is 2.50 bits per heavy atom. The van der Waals surface area contributed by atoms with Crippen molar-refractivity contribution in [3.8, 4) is 0 Å². The van der Waals surface area contributed by atoms with Crippen molar-refractivity contribution in [1.29, 1.82) is 0 Å². The molecule has 0 unspecified atom stereocenters. The largest absolute Gasteiger partial charge is 0.372 e. The van der Waals surface area contributed by atoms with Crippen LogP contribution in [0.2, 0.25) is 0 Å². The predicted octanol–water partition coefficient (Wildman–Crippen LogP) is 1.30. The summed E-state index contributed by atoms with van der Waals surface area (Å²) in [7, 11) is 0. The van der Waals surface area contributed by atoms with Crippen molar-refractivity contribution >= 4 is 11.3 Å². The van der Waals surface area contributed by atoms with Gasteiger partial charge in [-0.25, -0.2) is 0 Å². The van der Waals surface area contributed by atoms with Gasteiger partial charge in [-0.1, -0.05) is 0 Å². The minimum absolute atomic E-state index is 0.510. The number of ether oxygens (including phenoxy) is 1. The molecule has 2 N–H and O–H groups in total. The van der Waals surface area contributed by atoms with Crippen LogP contribution in [0.3, 0.4) is 0 Å². The van der Waals surface area contributed by atoms with Crippen LogP contribution in [0.4, 0.5) is 0 Å². The highest BCUT2D eigenvalue weighted by Crippen LogP contribution is 2.13. The molecule has 3 heteroatoms. The van der Waals surface area contributed by atoms with Gasteiger partial charge in [0.15, 0.2) is 0 Å². The Bertz CT molecular complexity index is 279. The highest BCUT2D eigenvalue weighted by molar-refractivity contribution is 7.11. The van der Waals surface area contributed by atoms with E-state index in [-0.39, 0.29) is 0 Å². The second-order valence-corrected chi connectivity index (χ2v) is 5.25. The van der Waals surface area contributed by atoms with Crippen molar-refractivity contribution in [3.63, 3.8) is 0 Å². The Balaban J connectivity index is 1.67. The quantitative estimate of drug-likeness (QED) is 0.800. The van der Waals surface area contributed by atoms with Gasteiger partial charge in [0.1, 0.15) is 19.2 Å². The summed E-state index contributed by atoms with van der Waals surface area (Å²) in [4.78, 5) is 2.88. The van der Waals surface area contributed by atoms with E-state index >= 15 is 0 Å². The molecule has 0 saturated carbocycles. The number of aryl methyl sites for hydroxylation is 1. The van der Waals surface area contributed by atoms with Gasteiger partial charge in [-0.05, 0) is 31.9 Å². The third-order valence-corrected chi connectivity index (χ3v) is 3.62. The van der Waals surface area contributed by atoms with E-state index in [0.29, 0.717) is 6.10 Å². The molecule has 1 atom stereocenters. The van der Waals surface area contributed by atoms with Crippen LogP contribution < -0.4 is 5.32 Å². The Morgan fingerprint density at radius 3 is 3.14 bits per heavy atom. The molecule has 2 rings (SSSR count). The van der Waals surface area contributed by atoms with Gasteiger partial charge in [-0.3, -0.25) is 0 Å². The van der Waals surface area contributed by atoms with Crippen LogP contribution >= 0.6 is 11.3 Å². The molecular weight excluding hydrogens is 194 g/mol. The summed E-state index contributed by atoms with van der Waals surface area (Å²) in [6.07, 6.45) is 3.01. The highest BCUT2D eigenvalue weighted by Gasteiger charge is 2.16. The van der Waals surface area contributed by atoms with Gasteiger partial charge < -0.3 is 10.1 Å². The summed E-state index contributed by atoms with van der Waals surface area (Å²) in [5, 5.41) is 2.36. The lowest BCUT2D eigenvalue weighted by Gasteiger charge is -2.06. The number of hydrogen-bond donors (Lipinski definition) is 1. The molecule has 0 aromatic carbocycles. The normalized spacial score (nSPS) is 21.6. The lowest BCUT2D eigenvalue weighted by atomic mass is 10.2. The zero-order chi connectivity index (χ0) is 9.80. The van der Waals surface area contributed by atoms with Gasteiger partial charge in [0, 0.05) is 11.5 Å². The molecule has 1 aliphatic heterocycles. The van der Waals surface area contributed by atoms with Gasteiger partial charge >= 0.3 is 0 Å². The Labute approximate surface area is 89.3 Å². The minimum Gasteiger partial charge on any atom is -0.372 e. The van der Waals surface area contributed by atoms with Crippen LogP contribution in [0.25, 0.3) is 0 Å². The molecule has 0 aliphatic carbocycles. The smallest absolute Gasteiger partial charge is 0.111 e. The Kier molecular flexibility index (Phi) is 3.56. The Morgan fingerprint density at radius 1 is 1.57 bits per heavy atom. The van der Waals surface area contributed by atoms with Gasteiger partial charge in [0.2, 0.25) is 0 Å². The summed E-state index contributed by atoms with van der Waals surface area (Å²) in [5.41, 5.74) is 0. The first kappa shape index (κ1) is 10.1. The van der Waals surface area contributed by atoms with Crippen molar-refractivity contribution in [3.05, 3.63) is 21.9 Å². The highest BCUT2D eigenvalue weighted by atomic mass is 32.1. The van der Waals surface area contributed by atoms with Crippen molar-refractivity contribution in [2.45, 2.75) is 32.4 Å². The van der Waals surface area contributed by atoms with Crippen LogP contribution in [-0.2, 0) is 11.3 Å². The molecule has 1 aromatic rings. The molecule has 78 valence electrons. The van der Waals surface area contributed by atoms with Crippen LogP contribution in [0, 0.1) is 6.92 Å². The third-order valence-electron chi connectivity index (χ3n) is 2.60. The molecule has 2 nitrogen and oxygen atoms in total. The molecule has 0 radical (unpaired) electrons. The fraction of sp³-hybridized carbons (Fsp3) is 0.636. The summed E-state index contributed by atoms with van der Waals surface area (Å²) < 4.78 is 5.57.